The molecule has 0 aromatic heterocycles. The standard InChI is InChI=1S/C18H28N2O2/c1-3-14(2)18(22)19-12-15-4-6-17(7-5-15)20-10-8-16(13-21)9-11-20/h4-7,14,16,21H,3,8-13H2,1-2H3,(H,19,22). The Balaban J connectivity index is 1.84. The molecule has 1 heterocycles. The predicted molar refractivity (Wildman–Crippen MR) is 89.8 cm³/mol. The molecule has 1 amide bonds. The first-order valence-electron chi connectivity index (χ1n) is 8.36. The Morgan fingerprint density at radius 3 is 2.50 bits per heavy atom. The van der Waals surface area contributed by atoms with Crippen LogP contribution in [0.3, 0.4) is 0 Å². The highest BCUT2D eigenvalue weighted by Crippen LogP contribution is 2.23. The van der Waals surface area contributed by atoms with Crippen molar-refractivity contribution in [3.8, 4) is 0 Å². The number of amides is 1. The summed E-state index contributed by atoms with van der Waals surface area (Å²) in [5.41, 5.74) is 2.36. The lowest BCUT2D eigenvalue weighted by atomic mass is 9.97. The minimum absolute atomic E-state index is 0.0760. The summed E-state index contributed by atoms with van der Waals surface area (Å²) in [7, 11) is 0. The Kier molecular flexibility index (Phi) is 6.25. The van der Waals surface area contributed by atoms with Crippen molar-refractivity contribution in [2.24, 2.45) is 11.8 Å². The second-order valence-corrected chi connectivity index (χ2v) is 6.31. The zero-order valence-corrected chi connectivity index (χ0v) is 13.7. The maximum atomic E-state index is 11.8. The van der Waals surface area contributed by atoms with Crippen LogP contribution in [-0.2, 0) is 11.3 Å². The molecule has 0 bridgehead atoms. The molecule has 1 aliphatic heterocycles. The van der Waals surface area contributed by atoms with Crippen LogP contribution in [0.5, 0.6) is 0 Å². The number of aliphatic hydroxyl groups is 1. The van der Waals surface area contributed by atoms with E-state index in [1.54, 1.807) is 0 Å². The maximum absolute atomic E-state index is 11.8. The summed E-state index contributed by atoms with van der Waals surface area (Å²) in [6.07, 6.45) is 2.99. The van der Waals surface area contributed by atoms with Crippen LogP contribution in [0.2, 0.25) is 0 Å². The molecule has 1 unspecified atom stereocenters. The van der Waals surface area contributed by atoms with Gasteiger partial charge in [-0.05, 0) is 42.9 Å². The molecule has 1 aromatic rings. The van der Waals surface area contributed by atoms with E-state index >= 15 is 0 Å². The van der Waals surface area contributed by atoms with Gasteiger partial charge in [0.05, 0.1) is 0 Å². The highest BCUT2D eigenvalue weighted by Gasteiger charge is 2.18. The van der Waals surface area contributed by atoms with Gasteiger partial charge in [0.25, 0.3) is 0 Å². The van der Waals surface area contributed by atoms with Crippen LogP contribution in [0.25, 0.3) is 0 Å². The van der Waals surface area contributed by atoms with Crippen LogP contribution in [-0.4, -0.2) is 30.7 Å². The van der Waals surface area contributed by atoms with Crippen molar-refractivity contribution in [3.63, 3.8) is 0 Å². The van der Waals surface area contributed by atoms with Gasteiger partial charge in [0, 0.05) is 37.8 Å². The summed E-state index contributed by atoms with van der Waals surface area (Å²) >= 11 is 0. The largest absolute Gasteiger partial charge is 0.396 e. The maximum Gasteiger partial charge on any atom is 0.223 e. The summed E-state index contributed by atoms with van der Waals surface area (Å²) in [5.74, 6) is 0.663. The molecule has 1 aliphatic rings. The average Bonchev–Trinajstić information content (AvgIpc) is 2.59. The predicted octanol–water partition coefficient (Wildman–Crippen LogP) is 2.56. The number of piperidine rings is 1. The van der Waals surface area contributed by atoms with Crippen molar-refractivity contribution >= 4 is 11.6 Å². The van der Waals surface area contributed by atoms with E-state index in [-0.39, 0.29) is 11.8 Å². The Bertz CT molecular complexity index is 464. The quantitative estimate of drug-likeness (QED) is 0.849. The molecular formula is C18H28N2O2. The van der Waals surface area contributed by atoms with Crippen molar-refractivity contribution in [1.82, 2.24) is 5.32 Å². The molecule has 2 N–H and O–H groups in total. The van der Waals surface area contributed by atoms with E-state index in [1.807, 2.05) is 13.8 Å². The molecule has 4 heteroatoms. The van der Waals surface area contributed by atoms with Crippen molar-refractivity contribution in [2.75, 3.05) is 24.6 Å². The SMILES string of the molecule is CCC(C)C(=O)NCc1ccc(N2CCC(CO)CC2)cc1. The summed E-state index contributed by atoms with van der Waals surface area (Å²) in [6.45, 7) is 6.90. The smallest absolute Gasteiger partial charge is 0.223 e. The van der Waals surface area contributed by atoms with Crippen LogP contribution >= 0.6 is 0 Å². The molecule has 1 aromatic carbocycles. The number of nitrogens with zero attached hydrogens (tertiary/aromatic N) is 1. The number of anilines is 1. The second-order valence-electron chi connectivity index (χ2n) is 6.31. The monoisotopic (exact) mass is 304 g/mol. The zero-order chi connectivity index (χ0) is 15.9. The number of nitrogens with one attached hydrogen (secondary N) is 1. The number of hydrogen-bond acceptors (Lipinski definition) is 3. The van der Waals surface area contributed by atoms with Crippen LogP contribution < -0.4 is 10.2 Å². The average molecular weight is 304 g/mol. The van der Waals surface area contributed by atoms with Gasteiger partial charge >= 0.3 is 0 Å². The fourth-order valence-corrected chi connectivity index (χ4v) is 2.75. The second kappa shape index (κ2) is 8.18. The van der Waals surface area contributed by atoms with Gasteiger partial charge in [-0.3, -0.25) is 4.79 Å². The number of hydrogen-bond donors (Lipinski definition) is 2. The number of aliphatic hydroxyl groups excluding tert-OH is 1. The van der Waals surface area contributed by atoms with Crippen molar-refractivity contribution in [1.29, 1.82) is 0 Å². The molecule has 1 atom stereocenters. The van der Waals surface area contributed by atoms with Gasteiger partial charge in [0.15, 0.2) is 0 Å². The lowest BCUT2D eigenvalue weighted by Crippen LogP contribution is -2.34. The molecule has 0 spiro atoms. The third-order valence-corrected chi connectivity index (χ3v) is 4.70. The van der Waals surface area contributed by atoms with Gasteiger partial charge < -0.3 is 15.3 Å². The number of carbonyl (C=O) groups excluding carboxylic acids is 1. The van der Waals surface area contributed by atoms with Gasteiger partial charge in [-0.25, -0.2) is 0 Å². The molecule has 4 nitrogen and oxygen atoms in total. The summed E-state index contributed by atoms with van der Waals surface area (Å²) < 4.78 is 0. The van der Waals surface area contributed by atoms with Crippen molar-refractivity contribution < 1.29 is 9.90 Å². The van der Waals surface area contributed by atoms with E-state index in [0.29, 0.717) is 19.1 Å². The molecule has 122 valence electrons. The number of rotatable bonds is 6. The first-order valence-corrected chi connectivity index (χ1v) is 8.36. The van der Waals surface area contributed by atoms with Gasteiger partial charge in [-0.1, -0.05) is 26.0 Å². The van der Waals surface area contributed by atoms with Gasteiger partial charge in [-0.15, -0.1) is 0 Å². The van der Waals surface area contributed by atoms with E-state index < -0.39 is 0 Å². The fourth-order valence-electron chi connectivity index (χ4n) is 2.75. The molecule has 1 saturated heterocycles. The third-order valence-electron chi connectivity index (χ3n) is 4.70. The van der Waals surface area contributed by atoms with Gasteiger partial charge in [0.2, 0.25) is 5.91 Å². The minimum atomic E-state index is 0.0760. The topological polar surface area (TPSA) is 52.6 Å². The first kappa shape index (κ1) is 16.8. The van der Waals surface area contributed by atoms with Gasteiger partial charge in [0.1, 0.15) is 0 Å². The van der Waals surface area contributed by atoms with E-state index in [1.165, 1.54) is 5.69 Å². The lowest BCUT2D eigenvalue weighted by molar-refractivity contribution is -0.124. The molecule has 0 radical (unpaired) electrons. The molecule has 1 fully saturated rings. The van der Waals surface area contributed by atoms with E-state index in [4.69, 9.17) is 0 Å². The fraction of sp³-hybridized carbons (Fsp3) is 0.611. The third kappa shape index (κ3) is 4.47. The molecule has 0 aliphatic carbocycles. The van der Waals surface area contributed by atoms with E-state index in [2.05, 4.69) is 34.5 Å². The Hall–Kier alpha value is -1.55. The molecule has 2 rings (SSSR count). The number of benzene rings is 1. The number of carbonyl (C=O) groups is 1. The Labute approximate surface area is 133 Å². The van der Waals surface area contributed by atoms with Crippen LogP contribution in [0.1, 0.15) is 38.7 Å². The normalized spacial score (nSPS) is 17.3. The molecule has 0 saturated carbocycles. The van der Waals surface area contributed by atoms with Crippen LogP contribution in [0.15, 0.2) is 24.3 Å². The highest BCUT2D eigenvalue weighted by molar-refractivity contribution is 5.78. The summed E-state index contributed by atoms with van der Waals surface area (Å²) in [4.78, 5) is 14.1. The van der Waals surface area contributed by atoms with Crippen molar-refractivity contribution in [3.05, 3.63) is 29.8 Å². The van der Waals surface area contributed by atoms with Gasteiger partial charge in [-0.2, -0.15) is 0 Å². The summed E-state index contributed by atoms with van der Waals surface area (Å²) in [6, 6.07) is 8.43. The minimum Gasteiger partial charge on any atom is -0.396 e. The zero-order valence-electron chi connectivity index (χ0n) is 13.7. The molecule has 22 heavy (non-hydrogen) atoms. The van der Waals surface area contributed by atoms with Crippen molar-refractivity contribution in [2.45, 2.75) is 39.7 Å². The highest BCUT2D eigenvalue weighted by atomic mass is 16.3. The first-order chi connectivity index (χ1) is 10.6. The van der Waals surface area contributed by atoms with Crippen LogP contribution in [0, 0.1) is 11.8 Å². The summed E-state index contributed by atoms with van der Waals surface area (Å²) in [5, 5.41) is 12.2. The Morgan fingerprint density at radius 2 is 1.95 bits per heavy atom. The van der Waals surface area contributed by atoms with E-state index in [9.17, 15) is 9.90 Å². The Morgan fingerprint density at radius 1 is 1.32 bits per heavy atom. The van der Waals surface area contributed by atoms with Crippen LogP contribution in [0.4, 0.5) is 5.69 Å². The lowest BCUT2D eigenvalue weighted by Gasteiger charge is -2.33. The molecular weight excluding hydrogens is 276 g/mol. The van der Waals surface area contributed by atoms with E-state index in [0.717, 1.165) is 37.9 Å².